The Kier molecular flexibility index (Phi) is 2.95. The van der Waals surface area contributed by atoms with Crippen molar-refractivity contribution in [3.63, 3.8) is 0 Å². The quantitative estimate of drug-likeness (QED) is 0.808. The van der Waals surface area contributed by atoms with E-state index >= 15 is 0 Å². The topological polar surface area (TPSA) is 76.7 Å². The van der Waals surface area contributed by atoms with Crippen LogP contribution in [0.1, 0.15) is 11.3 Å². The molecule has 5 nitrogen and oxygen atoms in total. The minimum absolute atomic E-state index is 0.453. The Balaban J connectivity index is 1.99. The van der Waals surface area contributed by atoms with Gasteiger partial charge in [0.05, 0.1) is 12.2 Å². The molecular weight excluding hydrogens is 202 g/mol. The van der Waals surface area contributed by atoms with Crippen molar-refractivity contribution in [1.82, 2.24) is 15.0 Å². The lowest BCUT2D eigenvalue weighted by Crippen LogP contribution is -2.05. The Hall–Kier alpha value is -2.17. The molecule has 0 saturated carbocycles. The minimum Gasteiger partial charge on any atom is -0.384 e. The van der Waals surface area contributed by atoms with Crippen LogP contribution < -0.4 is 11.1 Å². The van der Waals surface area contributed by atoms with Crippen molar-refractivity contribution < 1.29 is 0 Å². The molecule has 16 heavy (non-hydrogen) atoms. The number of aromatic nitrogens is 3. The second kappa shape index (κ2) is 4.57. The number of hydrogen-bond acceptors (Lipinski definition) is 5. The molecule has 82 valence electrons. The Morgan fingerprint density at radius 2 is 2.12 bits per heavy atom. The fourth-order valence-corrected chi connectivity index (χ4v) is 1.23. The number of pyridine rings is 1. The normalized spacial score (nSPS) is 10.1. The van der Waals surface area contributed by atoms with Gasteiger partial charge in [-0.1, -0.05) is 6.07 Å². The third-order valence-electron chi connectivity index (χ3n) is 2.08. The lowest BCUT2D eigenvalue weighted by molar-refractivity contribution is 0.999. The van der Waals surface area contributed by atoms with Crippen LogP contribution in [0.4, 0.5) is 11.8 Å². The van der Waals surface area contributed by atoms with Crippen molar-refractivity contribution in [2.45, 2.75) is 13.5 Å². The zero-order chi connectivity index (χ0) is 11.4. The standard InChI is InChI=1S/C11H13N5/c1-8-2-3-9(14-6-8)7-15-11-13-5-4-10(12)16-11/h2-6H,7H2,1H3,(H3,12,13,15,16). The van der Waals surface area contributed by atoms with Gasteiger partial charge in [-0.25, -0.2) is 4.98 Å². The summed E-state index contributed by atoms with van der Waals surface area (Å²) in [5.74, 6) is 0.969. The monoisotopic (exact) mass is 215 g/mol. The van der Waals surface area contributed by atoms with E-state index in [9.17, 15) is 0 Å². The maximum Gasteiger partial charge on any atom is 0.224 e. The molecule has 2 rings (SSSR count). The Bertz CT molecular complexity index is 466. The van der Waals surface area contributed by atoms with Gasteiger partial charge in [0, 0.05) is 12.4 Å². The van der Waals surface area contributed by atoms with E-state index in [1.807, 2.05) is 25.3 Å². The van der Waals surface area contributed by atoms with Crippen LogP contribution in [0.3, 0.4) is 0 Å². The third kappa shape index (κ3) is 2.66. The van der Waals surface area contributed by atoms with Crippen LogP contribution in [-0.4, -0.2) is 15.0 Å². The number of nitrogens with zero attached hydrogens (tertiary/aromatic N) is 3. The molecule has 2 aromatic rings. The molecule has 2 aromatic heterocycles. The molecular formula is C11H13N5. The van der Waals surface area contributed by atoms with Crippen LogP contribution in [0, 0.1) is 6.92 Å². The summed E-state index contributed by atoms with van der Waals surface area (Å²) in [5, 5.41) is 3.06. The molecule has 3 N–H and O–H groups in total. The smallest absolute Gasteiger partial charge is 0.224 e. The predicted octanol–water partition coefficient (Wildman–Crippen LogP) is 1.37. The molecule has 0 aliphatic heterocycles. The van der Waals surface area contributed by atoms with Crippen LogP contribution in [0.5, 0.6) is 0 Å². The van der Waals surface area contributed by atoms with Crippen molar-refractivity contribution in [3.05, 3.63) is 41.9 Å². The highest BCUT2D eigenvalue weighted by Crippen LogP contribution is 2.04. The van der Waals surface area contributed by atoms with Crippen molar-refractivity contribution >= 4 is 11.8 Å². The number of nitrogen functional groups attached to an aromatic ring is 1. The zero-order valence-electron chi connectivity index (χ0n) is 9.01. The Morgan fingerprint density at radius 1 is 1.25 bits per heavy atom. The molecule has 5 heteroatoms. The summed E-state index contributed by atoms with van der Waals surface area (Å²) in [5.41, 5.74) is 7.62. The molecule has 0 bridgehead atoms. The molecule has 0 aromatic carbocycles. The predicted molar refractivity (Wildman–Crippen MR) is 62.7 cm³/mol. The first-order valence-electron chi connectivity index (χ1n) is 4.98. The van der Waals surface area contributed by atoms with Crippen LogP contribution >= 0.6 is 0 Å². The van der Waals surface area contributed by atoms with Crippen LogP contribution in [-0.2, 0) is 6.54 Å². The molecule has 0 unspecified atom stereocenters. The van der Waals surface area contributed by atoms with Gasteiger partial charge in [-0.05, 0) is 24.6 Å². The summed E-state index contributed by atoms with van der Waals surface area (Å²) in [4.78, 5) is 12.3. The molecule has 0 radical (unpaired) electrons. The van der Waals surface area contributed by atoms with Crippen LogP contribution in [0.15, 0.2) is 30.6 Å². The summed E-state index contributed by atoms with van der Waals surface area (Å²) in [6.07, 6.45) is 3.45. The fraction of sp³-hybridized carbons (Fsp3) is 0.182. The molecule has 0 amide bonds. The number of nitrogens with one attached hydrogen (secondary N) is 1. The average molecular weight is 215 g/mol. The summed E-state index contributed by atoms with van der Waals surface area (Å²) >= 11 is 0. The molecule has 0 fully saturated rings. The van der Waals surface area contributed by atoms with E-state index in [4.69, 9.17) is 5.73 Å². The first-order valence-corrected chi connectivity index (χ1v) is 4.98. The zero-order valence-corrected chi connectivity index (χ0v) is 9.01. The molecule has 0 spiro atoms. The second-order valence-electron chi connectivity index (χ2n) is 3.49. The highest BCUT2D eigenvalue weighted by Gasteiger charge is 1.97. The molecule has 0 atom stereocenters. The average Bonchev–Trinajstić information content (AvgIpc) is 2.28. The van der Waals surface area contributed by atoms with E-state index in [1.165, 1.54) is 0 Å². The van der Waals surface area contributed by atoms with E-state index in [0.717, 1.165) is 11.3 Å². The van der Waals surface area contributed by atoms with E-state index in [1.54, 1.807) is 12.3 Å². The minimum atomic E-state index is 0.453. The summed E-state index contributed by atoms with van der Waals surface area (Å²) in [6, 6.07) is 5.63. The summed E-state index contributed by atoms with van der Waals surface area (Å²) in [6.45, 7) is 2.59. The van der Waals surface area contributed by atoms with E-state index in [-0.39, 0.29) is 0 Å². The van der Waals surface area contributed by atoms with Crippen LogP contribution in [0.2, 0.25) is 0 Å². The summed E-state index contributed by atoms with van der Waals surface area (Å²) in [7, 11) is 0. The van der Waals surface area contributed by atoms with E-state index < -0.39 is 0 Å². The number of anilines is 2. The van der Waals surface area contributed by atoms with Gasteiger partial charge in [0.15, 0.2) is 0 Å². The van der Waals surface area contributed by atoms with E-state index in [2.05, 4.69) is 20.3 Å². The van der Waals surface area contributed by atoms with Gasteiger partial charge in [0.2, 0.25) is 5.95 Å². The highest BCUT2D eigenvalue weighted by atomic mass is 15.1. The number of hydrogen-bond donors (Lipinski definition) is 2. The first kappa shape index (κ1) is 10.4. The highest BCUT2D eigenvalue weighted by molar-refractivity contribution is 5.35. The largest absolute Gasteiger partial charge is 0.384 e. The Labute approximate surface area is 93.8 Å². The SMILES string of the molecule is Cc1ccc(CNc2nccc(N)n2)nc1. The summed E-state index contributed by atoms with van der Waals surface area (Å²) < 4.78 is 0. The van der Waals surface area contributed by atoms with Gasteiger partial charge in [0.25, 0.3) is 0 Å². The van der Waals surface area contributed by atoms with Gasteiger partial charge in [-0.2, -0.15) is 4.98 Å². The van der Waals surface area contributed by atoms with Gasteiger partial charge in [-0.3, -0.25) is 4.98 Å². The molecule has 0 aliphatic rings. The number of rotatable bonds is 3. The molecule has 0 saturated heterocycles. The third-order valence-corrected chi connectivity index (χ3v) is 2.08. The van der Waals surface area contributed by atoms with E-state index in [0.29, 0.717) is 18.3 Å². The molecule has 2 heterocycles. The lowest BCUT2D eigenvalue weighted by Gasteiger charge is -2.04. The van der Waals surface area contributed by atoms with Gasteiger partial charge in [0.1, 0.15) is 5.82 Å². The fourth-order valence-electron chi connectivity index (χ4n) is 1.23. The second-order valence-corrected chi connectivity index (χ2v) is 3.49. The maximum absolute atomic E-state index is 5.54. The van der Waals surface area contributed by atoms with Crippen molar-refractivity contribution in [1.29, 1.82) is 0 Å². The lowest BCUT2D eigenvalue weighted by atomic mass is 10.3. The number of nitrogens with two attached hydrogens (primary N) is 1. The molecule has 0 aliphatic carbocycles. The van der Waals surface area contributed by atoms with Crippen molar-refractivity contribution in [2.24, 2.45) is 0 Å². The van der Waals surface area contributed by atoms with Crippen molar-refractivity contribution in [3.8, 4) is 0 Å². The maximum atomic E-state index is 5.54. The van der Waals surface area contributed by atoms with Crippen molar-refractivity contribution in [2.75, 3.05) is 11.1 Å². The van der Waals surface area contributed by atoms with Crippen LogP contribution in [0.25, 0.3) is 0 Å². The first-order chi connectivity index (χ1) is 7.74. The van der Waals surface area contributed by atoms with Gasteiger partial charge >= 0.3 is 0 Å². The number of aryl methyl sites for hydroxylation is 1. The van der Waals surface area contributed by atoms with Gasteiger partial charge in [-0.15, -0.1) is 0 Å². The Morgan fingerprint density at radius 3 is 2.81 bits per heavy atom. The van der Waals surface area contributed by atoms with Gasteiger partial charge < -0.3 is 11.1 Å².